The molecule has 0 aliphatic carbocycles. The van der Waals surface area contributed by atoms with Crippen molar-refractivity contribution >= 4 is 49.1 Å². The van der Waals surface area contributed by atoms with Crippen LogP contribution < -0.4 is 10.1 Å². The van der Waals surface area contributed by atoms with E-state index in [-0.39, 0.29) is 12.5 Å². The molecule has 0 fully saturated rings. The standard InChI is InChI=1S/C14H10BrN3O2S/c15-13-10-4-2-1-3-9(10)5-6-11(13)20-7-12(19)17-14-18-16-8-21-14/h1-6,8H,7H2,(H,17,18,19). The molecule has 1 heterocycles. The minimum atomic E-state index is -0.271. The molecule has 21 heavy (non-hydrogen) atoms. The number of halogens is 1. The van der Waals surface area contributed by atoms with Gasteiger partial charge in [0.25, 0.3) is 5.91 Å². The fraction of sp³-hybridized carbons (Fsp3) is 0.0714. The van der Waals surface area contributed by atoms with Crippen LogP contribution in [0, 0.1) is 0 Å². The van der Waals surface area contributed by atoms with Crippen molar-refractivity contribution in [3.05, 3.63) is 46.4 Å². The lowest BCUT2D eigenvalue weighted by molar-refractivity contribution is -0.118. The van der Waals surface area contributed by atoms with Crippen LogP contribution in [0.2, 0.25) is 0 Å². The summed E-state index contributed by atoms with van der Waals surface area (Å²) in [7, 11) is 0. The van der Waals surface area contributed by atoms with Gasteiger partial charge in [0.1, 0.15) is 11.3 Å². The molecule has 1 N–H and O–H groups in total. The Labute approximate surface area is 133 Å². The van der Waals surface area contributed by atoms with Crippen molar-refractivity contribution in [1.29, 1.82) is 0 Å². The number of nitrogens with one attached hydrogen (secondary N) is 1. The second kappa shape index (κ2) is 6.19. The van der Waals surface area contributed by atoms with Crippen LogP contribution in [-0.2, 0) is 4.79 Å². The van der Waals surface area contributed by atoms with Crippen molar-refractivity contribution in [3.63, 3.8) is 0 Å². The van der Waals surface area contributed by atoms with E-state index >= 15 is 0 Å². The highest BCUT2D eigenvalue weighted by Gasteiger charge is 2.09. The Morgan fingerprint density at radius 1 is 1.29 bits per heavy atom. The van der Waals surface area contributed by atoms with Crippen LogP contribution in [0.3, 0.4) is 0 Å². The van der Waals surface area contributed by atoms with E-state index in [2.05, 4.69) is 31.4 Å². The van der Waals surface area contributed by atoms with Crippen LogP contribution in [0.15, 0.2) is 46.4 Å². The molecular formula is C14H10BrN3O2S. The van der Waals surface area contributed by atoms with E-state index in [0.29, 0.717) is 10.9 Å². The fourth-order valence-corrected chi connectivity index (χ4v) is 2.92. The zero-order valence-electron chi connectivity index (χ0n) is 10.7. The minimum Gasteiger partial charge on any atom is -0.483 e. The number of nitrogens with zero attached hydrogens (tertiary/aromatic N) is 2. The lowest BCUT2D eigenvalue weighted by atomic mass is 10.1. The largest absolute Gasteiger partial charge is 0.483 e. The van der Waals surface area contributed by atoms with Gasteiger partial charge in [0.15, 0.2) is 6.61 Å². The van der Waals surface area contributed by atoms with Crippen molar-refractivity contribution in [2.75, 3.05) is 11.9 Å². The van der Waals surface area contributed by atoms with Gasteiger partial charge in [-0.05, 0) is 32.8 Å². The molecule has 1 amide bonds. The van der Waals surface area contributed by atoms with Gasteiger partial charge < -0.3 is 4.74 Å². The molecule has 0 aliphatic heterocycles. The molecule has 0 spiro atoms. The van der Waals surface area contributed by atoms with Gasteiger partial charge >= 0.3 is 0 Å². The minimum absolute atomic E-state index is 0.0868. The first-order valence-electron chi connectivity index (χ1n) is 6.10. The highest BCUT2D eigenvalue weighted by Crippen LogP contribution is 2.32. The van der Waals surface area contributed by atoms with Crippen molar-refractivity contribution in [2.24, 2.45) is 0 Å². The zero-order chi connectivity index (χ0) is 14.7. The first-order valence-corrected chi connectivity index (χ1v) is 7.77. The number of benzene rings is 2. The van der Waals surface area contributed by atoms with Gasteiger partial charge in [0.2, 0.25) is 5.13 Å². The van der Waals surface area contributed by atoms with Gasteiger partial charge in [0.05, 0.1) is 4.47 Å². The second-order valence-corrected chi connectivity index (χ2v) is 5.81. The maximum atomic E-state index is 11.7. The Hall–Kier alpha value is -1.99. The summed E-state index contributed by atoms with van der Waals surface area (Å²) < 4.78 is 6.39. The third-order valence-corrected chi connectivity index (χ3v) is 4.22. The van der Waals surface area contributed by atoms with E-state index in [9.17, 15) is 4.79 Å². The Kier molecular flexibility index (Phi) is 4.12. The molecule has 3 aromatic rings. The SMILES string of the molecule is O=C(COc1ccc2ccccc2c1Br)Nc1nncs1. The molecular weight excluding hydrogens is 354 g/mol. The van der Waals surface area contributed by atoms with Gasteiger partial charge in [0, 0.05) is 0 Å². The number of fused-ring (bicyclic) bond motifs is 1. The molecule has 1 aromatic heterocycles. The number of hydrogen-bond acceptors (Lipinski definition) is 5. The molecule has 0 saturated carbocycles. The lowest BCUT2D eigenvalue weighted by Crippen LogP contribution is -2.20. The van der Waals surface area contributed by atoms with E-state index in [1.165, 1.54) is 11.3 Å². The Morgan fingerprint density at radius 3 is 2.95 bits per heavy atom. The van der Waals surface area contributed by atoms with Crippen LogP contribution in [0.1, 0.15) is 0 Å². The summed E-state index contributed by atoms with van der Waals surface area (Å²) in [5, 5.41) is 12.6. The molecule has 2 aromatic carbocycles. The van der Waals surface area contributed by atoms with Crippen molar-refractivity contribution in [3.8, 4) is 5.75 Å². The third-order valence-electron chi connectivity index (χ3n) is 2.79. The molecule has 0 radical (unpaired) electrons. The summed E-state index contributed by atoms with van der Waals surface area (Å²) in [5.41, 5.74) is 1.55. The molecule has 0 atom stereocenters. The van der Waals surface area contributed by atoms with Gasteiger partial charge in [-0.15, -0.1) is 10.2 Å². The first kappa shape index (κ1) is 14.0. The smallest absolute Gasteiger partial charge is 0.264 e. The summed E-state index contributed by atoms with van der Waals surface area (Å²) in [6.45, 7) is -0.0868. The van der Waals surface area contributed by atoms with Gasteiger partial charge in [-0.3, -0.25) is 10.1 Å². The van der Waals surface area contributed by atoms with Crippen LogP contribution >= 0.6 is 27.3 Å². The molecule has 106 valence electrons. The van der Waals surface area contributed by atoms with E-state index < -0.39 is 0 Å². The average molecular weight is 364 g/mol. The fourth-order valence-electron chi connectivity index (χ4n) is 1.85. The van der Waals surface area contributed by atoms with E-state index in [4.69, 9.17) is 4.74 Å². The number of carbonyl (C=O) groups is 1. The van der Waals surface area contributed by atoms with Gasteiger partial charge in [-0.2, -0.15) is 0 Å². The number of carbonyl (C=O) groups excluding carboxylic acids is 1. The summed E-state index contributed by atoms with van der Waals surface area (Å²) >= 11 is 4.77. The van der Waals surface area contributed by atoms with E-state index in [1.54, 1.807) is 5.51 Å². The molecule has 0 saturated heterocycles. The number of ether oxygens (including phenoxy) is 1. The van der Waals surface area contributed by atoms with E-state index in [1.807, 2.05) is 36.4 Å². The number of rotatable bonds is 4. The predicted molar refractivity (Wildman–Crippen MR) is 85.7 cm³/mol. The quantitative estimate of drug-likeness (QED) is 0.770. The predicted octanol–water partition coefficient (Wildman–Crippen LogP) is 3.47. The molecule has 3 rings (SSSR count). The lowest BCUT2D eigenvalue weighted by Gasteiger charge is -2.09. The average Bonchev–Trinajstić information content (AvgIpc) is 3.00. The van der Waals surface area contributed by atoms with Crippen molar-refractivity contribution in [2.45, 2.75) is 0 Å². The Bertz CT molecular complexity index is 777. The van der Waals surface area contributed by atoms with Gasteiger partial charge in [-0.1, -0.05) is 41.7 Å². The van der Waals surface area contributed by atoms with Crippen LogP contribution in [0.25, 0.3) is 10.8 Å². The van der Waals surface area contributed by atoms with Crippen LogP contribution in [0.5, 0.6) is 5.75 Å². The normalized spacial score (nSPS) is 10.5. The van der Waals surface area contributed by atoms with Gasteiger partial charge in [-0.25, -0.2) is 0 Å². The topological polar surface area (TPSA) is 64.1 Å². The van der Waals surface area contributed by atoms with Crippen LogP contribution in [-0.4, -0.2) is 22.7 Å². The highest BCUT2D eigenvalue weighted by molar-refractivity contribution is 9.10. The second-order valence-electron chi connectivity index (χ2n) is 4.18. The highest BCUT2D eigenvalue weighted by atomic mass is 79.9. The molecule has 0 bridgehead atoms. The number of anilines is 1. The van der Waals surface area contributed by atoms with E-state index in [0.717, 1.165) is 15.2 Å². The summed E-state index contributed by atoms with van der Waals surface area (Å²) in [6.07, 6.45) is 0. The Morgan fingerprint density at radius 2 is 2.14 bits per heavy atom. The molecule has 5 nitrogen and oxygen atoms in total. The maximum Gasteiger partial charge on any atom is 0.264 e. The number of hydrogen-bond donors (Lipinski definition) is 1. The number of amides is 1. The number of aromatic nitrogens is 2. The van der Waals surface area contributed by atoms with Crippen LogP contribution in [0.4, 0.5) is 5.13 Å². The molecule has 0 aliphatic rings. The maximum absolute atomic E-state index is 11.7. The van der Waals surface area contributed by atoms with Crippen molar-refractivity contribution in [1.82, 2.24) is 10.2 Å². The zero-order valence-corrected chi connectivity index (χ0v) is 13.1. The monoisotopic (exact) mass is 363 g/mol. The first-order chi connectivity index (χ1) is 10.2. The molecule has 0 unspecified atom stereocenters. The van der Waals surface area contributed by atoms with Crippen molar-refractivity contribution < 1.29 is 9.53 Å². The summed E-state index contributed by atoms with van der Waals surface area (Å²) in [6, 6.07) is 11.7. The third kappa shape index (κ3) is 3.20. The summed E-state index contributed by atoms with van der Waals surface area (Å²) in [4.78, 5) is 11.7. The summed E-state index contributed by atoms with van der Waals surface area (Å²) in [5.74, 6) is 0.355. The molecule has 7 heteroatoms. The Balaban J connectivity index is 1.70.